The van der Waals surface area contributed by atoms with Crippen LogP contribution >= 0.6 is 0 Å². The standard InChI is InChI=1S/C31H31N5O7/c1-4-18-14-23(28(37)34-20-10-8-19(9-11-20)27(32)36-31(41)43-5-2)22(15-25(18)42-3)21-12-13-24(35-26(21)30(39)40)29(38)33-16-17-6-7-17/h4,8-15,17H,1,5-7,16H2,2-3H3,(H,33,38)(H,34,37)(H,39,40)(H2,32,36,41). The molecule has 0 radical (unpaired) electrons. The Morgan fingerprint density at radius 3 is 2.40 bits per heavy atom. The van der Waals surface area contributed by atoms with E-state index in [1.165, 1.54) is 49.6 Å². The van der Waals surface area contributed by atoms with Gasteiger partial charge in [-0.3, -0.25) is 20.3 Å². The largest absolute Gasteiger partial charge is 0.496 e. The number of carboxylic acids is 1. The Morgan fingerprint density at radius 1 is 1.07 bits per heavy atom. The van der Waals surface area contributed by atoms with Gasteiger partial charge in [0.25, 0.3) is 11.8 Å². The van der Waals surface area contributed by atoms with Gasteiger partial charge in [-0.25, -0.2) is 14.6 Å². The molecule has 1 heterocycles. The number of ether oxygens (including phenoxy) is 2. The molecule has 1 fully saturated rings. The van der Waals surface area contributed by atoms with Crippen LogP contribution in [0.3, 0.4) is 0 Å². The van der Waals surface area contributed by atoms with Crippen molar-refractivity contribution in [3.63, 3.8) is 0 Å². The van der Waals surface area contributed by atoms with E-state index in [1.54, 1.807) is 19.1 Å². The van der Waals surface area contributed by atoms with Gasteiger partial charge in [-0.2, -0.15) is 0 Å². The Morgan fingerprint density at radius 2 is 1.79 bits per heavy atom. The normalized spacial score (nSPS) is 12.0. The van der Waals surface area contributed by atoms with E-state index in [-0.39, 0.29) is 34.8 Å². The molecule has 1 aliphatic rings. The molecule has 222 valence electrons. The first kappa shape index (κ1) is 30.4. The topological polar surface area (TPSA) is 180 Å². The maximum absolute atomic E-state index is 13.6. The average Bonchev–Trinajstić information content (AvgIpc) is 3.84. The Kier molecular flexibility index (Phi) is 9.51. The maximum Gasteiger partial charge on any atom is 0.412 e. The molecule has 4 rings (SSSR count). The fourth-order valence-electron chi connectivity index (χ4n) is 4.22. The van der Waals surface area contributed by atoms with Crippen molar-refractivity contribution in [1.82, 2.24) is 15.6 Å². The van der Waals surface area contributed by atoms with E-state index >= 15 is 0 Å². The van der Waals surface area contributed by atoms with Crippen molar-refractivity contribution in [3.05, 3.63) is 83.2 Å². The Labute approximate surface area is 247 Å². The number of carbonyl (C=O) groups is 4. The zero-order chi connectivity index (χ0) is 31.1. The number of nitrogens with one attached hydrogen (secondary N) is 4. The van der Waals surface area contributed by atoms with Gasteiger partial charge in [-0.05, 0) is 74.2 Å². The third-order valence-electron chi connectivity index (χ3n) is 6.64. The molecule has 2 aromatic carbocycles. The number of amides is 3. The number of aromatic nitrogens is 1. The summed E-state index contributed by atoms with van der Waals surface area (Å²) in [6.07, 6.45) is 2.83. The van der Waals surface area contributed by atoms with Gasteiger partial charge < -0.3 is 25.2 Å². The van der Waals surface area contributed by atoms with Crippen LogP contribution in [0, 0.1) is 11.3 Å². The smallest absolute Gasteiger partial charge is 0.412 e. The van der Waals surface area contributed by atoms with Crippen molar-refractivity contribution in [2.75, 3.05) is 25.6 Å². The minimum atomic E-state index is -1.38. The second kappa shape index (κ2) is 13.4. The lowest BCUT2D eigenvalue weighted by Crippen LogP contribution is -2.31. The van der Waals surface area contributed by atoms with Gasteiger partial charge in [0.05, 0.1) is 13.7 Å². The van der Waals surface area contributed by atoms with Crippen molar-refractivity contribution >= 4 is 41.5 Å². The third kappa shape index (κ3) is 7.41. The highest BCUT2D eigenvalue weighted by atomic mass is 16.5. The van der Waals surface area contributed by atoms with Gasteiger partial charge in [-0.15, -0.1) is 0 Å². The maximum atomic E-state index is 13.6. The molecule has 0 bridgehead atoms. The predicted octanol–water partition coefficient (Wildman–Crippen LogP) is 4.56. The zero-order valence-corrected chi connectivity index (χ0v) is 23.7. The van der Waals surface area contributed by atoms with Crippen LogP contribution in [0.2, 0.25) is 0 Å². The van der Waals surface area contributed by atoms with E-state index in [4.69, 9.17) is 14.9 Å². The molecule has 0 atom stereocenters. The number of benzene rings is 2. The molecule has 5 N–H and O–H groups in total. The first-order chi connectivity index (χ1) is 20.6. The average molecular weight is 586 g/mol. The summed E-state index contributed by atoms with van der Waals surface area (Å²) in [7, 11) is 1.44. The first-order valence-electron chi connectivity index (χ1n) is 13.5. The molecule has 1 aliphatic carbocycles. The fraction of sp³-hybridized carbons (Fsp3) is 0.226. The molecule has 0 spiro atoms. The molecular formula is C31H31N5O7. The summed E-state index contributed by atoms with van der Waals surface area (Å²) in [4.78, 5) is 54.2. The van der Waals surface area contributed by atoms with Crippen LogP contribution in [-0.2, 0) is 4.74 Å². The molecule has 3 amide bonds. The SMILES string of the molecule is C=Cc1cc(C(=O)Nc2ccc(C(=N)NC(=O)OCC)cc2)c(-c2ccc(C(=O)NCC3CC3)nc2C(=O)O)cc1OC. The molecule has 12 nitrogen and oxygen atoms in total. The van der Waals surface area contributed by atoms with E-state index in [0.717, 1.165) is 12.8 Å². The van der Waals surface area contributed by atoms with Crippen molar-refractivity contribution in [2.24, 2.45) is 5.92 Å². The van der Waals surface area contributed by atoms with E-state index in [1.807, 2.05) is 0 Å². The van der Waals surface area contributed by atoms with Crippen LogP contribution < -0.4 is 20.7 Å². The van der Waals surface area contributed by atoms with E-state index < -0.39 is 29.6 Å². The molecule has 1 aromatic heterocycles. The quantitative estimate of drug-likeness (QED) is 0.160. The van der Waals surface area contributed by atoms with Crippen LogP contribution in [0.25, 0.3) is 17.2 Å². The van der Waals surface area contributed by atoms with Gasteiger partial charge in [0.15, 0.2) is 5.69 Å². The minimum Gasteiger partial charge on any atom is -0.496 e. The van der Waals surface area contributed by atoms with Gasteiger partial charge in [-0.1, -0.05) is 12.7 Å². The summed E-state index contributed by atoms with van der Waals surface area (Å²) in [5.41, 5.74) is 1.22. The highest BCUT2D eigenvalue weighted by Gasteiger charge is 2.25. The Bertz CT molecular complexity index is 1600. The summed E-state index contributed by atoms with van der Waals surface area (Å²) >= 11 is 0. The predicted molar refractivity (Wildman–Crippen MR) is 160 cm³/mol. The van der Waals surface area contributed by atoms with Gasteiger partial charge >= 0.3 is 12.1 Å². The molecule has 12 heteroatoms. The molecule has 43 heavy (non-hydrogen) atoms. The number of aromatic carboxylic acids is 1. The zero-order valence-electron chi connectivity index (χ0n) is 23.7. The molecule has 0 saturated heterocycles. The van der Waals surface area contributed by atoms with Crippen molar-refractivity contribution in [2.45, 2.75) is 19.8 Å². The summed E-state index contributed by atoms with van der Waals surface area (Å²) in [5.74, 6) is -1.82. The Balaban J connectivity index is 1.66. The summed E-state index contributed by atoms with van der Waals surface area (Å²) in [5, 5.41) is 25.9. The van der Waals surface area contributed by atoms with E-state index in [0.29, 0.717) is 35.0 Å². The lowest BCUT2D eigenvalue weighted by atomic mass is 9.94. The van der Waals surface area contributed by atoms with Crippen molar-refractivity contribution in [3.8, 4) is 16.9 Å². The number of pyridine rings is 1. The number of rotatable bonds is 11. The van der Waals surface area contributed by atoms with Gasteiger partial charge in [0, 0.05) is 40.0 Å². The number of carboxylic acid groups (broad SMARTS) is 1. The minimum absolute atomic E-state index is 0.0504. The number of methoxy groups -OCH3 is 1. The highest BCUT2D eigenvalue weighted by Crippen LogP contribution is 2.34. The monoisotopic (exact) mass is 585 g/mol. The molecule has 1 saturated carbocycles. The van der Waals surface area contributed by atoms with Gasteiger partial charge in [0.2, 0.25) is 0 Å². The van der Waals surface area contributed by atoms with Crippen LogP contribution in [0.1, 0.15) is 62.2 Å². The second-order valence-electron chi connectivity index (χ2n) is 9.65. The van der Waals surface area contributed by atoms with E-state index in [2.05, 4.69) is 27.5 Å². The van der Waals surface area contributed by atoms with Gasteiger partial charge in [0.1, 0.15) is 17.3 Å². The van der Waals surface area contributed by atoms with Crippen LogP contribution in [0.5, 0.6) is 5.75 Å². The van der Waals surface area contributed by atoms with Crippen molar-refractivity contribution < 1.29 is 33.8 Å². The van der Waals surface area contributed by atoms with Crippen LogP contribution in [0.4, 0.5) is 10.5 Å². The van der Waals surface area contributed by atoms with Crippen LogP contribution in [-0.4, -0.2) is 60.1 Å². The lowest BCUT2D eigenvalue weighted by Gasteiger charge is -2.16. The lowest BCUT2D eigenvalue weighted by molar-refractivity contribution is 0.0690. The Hall–Kier alpha value is -5.52. The highest BCUT2D eigenvalue weighted by molar-refractivity contribution is 6.11. The van der Waals surface area contributed by atoms with E-state index in [9.17, 15) is 24.3 Å². The third-order valence-corrected chi connectivity index (χ3v) is 6.64. The summed E-state index contributed by atoms with van der Waals surface area (Å²) in [6, 6.07) is 12.1. The number of amidine groups is 1. The summed E-state index contributed by atoms with van der Waals surface area (Å²) < 4.78 is 10.2. The number of hydrogen-bond donors (Lipinski definition) is 5. The van der Waals surface area contributed by atoms with Crippen molar-refractivity contribution in [1.29, 1.82) is 5.41 Å². The first-order valence-corrected chi connectivity index (χ1v) is 13.5. The fourth-order valence-corrected chi connectivity index (χ4v) is 4.22. The second-order valence-corrected chi connectivity index (χ2v) is 9.65. The molecule has 0 unspecified atom stereocenters. The number of anilines is 1. The summed E-state index contributed by atoms with van der Waals surface area (Å²) in [6.45, 7) is 6.08. The number of carbonyl (C=O) groups excluding carboxylic acids is 3. The molecule has 0 aliphatic heterocycles. The number of nitrogens with zero attached hydrogens (tertiary/aromatic N) is 1. The van der Waals surface area contributed by atoms with Crippen LogP contribution in [0.15, 0.2) is 55.1 Å². The number of alkyl carbamates (subject to hydrolysis) is 1. The molecular weight excluding hydrogens is 554 g/mol. The molecule has 3 aromatic rings. The number of hydrogen-bond acceptors (Lipinski definition) is 8.